The molecule has 5 heteroatoms. The Morgan fingerprint density at radius 1 is 1.27 bits per heavy atom. The lowest BCUT2D eigenvalue weighted by Gasteiger charge is -2.22. The molecule has 140 valence electrons. The van der Waals surface area contributed by atoms with E-state index in [4.69, 9.17) is 0 Å². The summed E-state index contributed by atoms with van der Waals surface area (Å²) in [6.07, 6.45) is 4.67. The van der Waals surface area contributed by atoms with Crippen molar-refractivity contribution >= 4 is 29.9 Å². The van der Waals surface area contributed by atoms with Gasteiger partial charge in [-0.2, -0.15) is 0 Å². The summed E-state index contributed by atoms with van der Waals surface area (Å²) in [7, 11) is 6.07. The van der Waals surface area contributed by atoms with Crippen LogP contribution < -0.4 is 5.32 Å². The second-order valence-electron chi connectivity index (χ2n) is 7.49. The number of nitrogens with zero attached hydrogens (tertiary/aromatic N) is 3. The molecule has 1 aromatic carbocycles. The van der Waals surface area contributed by atoms with Crippen LogP contribution in [-0.2, 0) is 20.0 Å². The van der Waals surface area contributed by atoms with Gasteiger partial charge in [-0.05, 0) is 53.9 Å². The predicted molar refractivity (Wildman–Crippen MR) is 118 cm³/mol. The molecular weight excluding hydrogens is 435 g/mol. The third kappa shape index (κ3) is 3.63. The van der Waals surface area contributed by atoms with Crippen LogP contribution in [0, 0.1) is 11.8 Å². The van der Waals surface area contributed by atoms with E-state index in [1.807, 2.05) is 7.05 Å². The van der Waals surface area contributed by atoms with Crippen molar-refractivity contribution in [1.29, 1.82) is 0 Å². The van der Waals surface area contributed by atoms with Gasteiger partial charge in [0.15, 0.2) is 5.96 Å². The highest BCUT2D eigenvalue weighted by molar-refractivity contribution is 14.0. The molecule has 1 N–H and O–H groups in total. The zero-order valence-corrected chi connectivity index (χ0v) is 18.2. The molecule has 0 spiro atoms. The molecule has 4 nitrogen and oxygen atoms in total. The van der Waals surface area contributed by atoms with Crippen LogP contribution in [0.2, 0.25) is 0 Å². The minimum atomic E-state index is 0. The van der Waals surface area contributed by atoms with E-state index in [1.54, 1.807) is 11.1 Å². The molecule has 3 atom stereocenters. The van der Waals surface area contributed by atoms with E-state index in [9.17, 15) is 0 Å². The van der Waals surface area contributed by atoms with Crippen LogP contribution in [0.15, 0.2) is 47.6 Å². The molecule has 1 heterocycles. The fraction of sp³-hybridized carbons (Fsp3) is 0.476. The van der Waals surface area contributed by atoms with Gasteiger partial charge >= 0.3 is 0 Å². The number of fused-ring (bicyclic) bond motifs is 3. The number of aromatic nitrogens is 1. The fourth-order valence-electron chi connectivity index (χ4n) is 4.56. The zero-order chi connectivity index (χ0) is 17.4. The summed E-state index contributed by atoms with van der Waals surface area (Å²) in [4.78, 5) is 6.69. The van der Waals surface area contributed by atoms with Gasteiger partial charge in [-0.1, -0.05) is 24.3 Å². The highest BCUT2D eigenvalue weighted by Crippen LogP contribution is 2.59. The number of aryl methyl sites for hydroxylation is 2. The van der Waals surface area contributed by atoms with Crippen LogP contribution in [0.25, 0.3) is 0 Å². The minimum absolute atomic E-state index is 0. The molecule has 0 amide bonds. The van der Waals surface area contributed by atoms with Crippen molar-refractivity contribution in [3.05, 3.63) is 59.4 Å². The van der Waals surface area contributed by atoms with Crippen molar-refractivity contribution in [2.75, 3.05) is 20.6 Å². The summed E-state index contributed by atoms with van der Waals surface area (Å²) in [6, 6.07) is 13.3. The molecule has 0 saturated heterocycles. The summed E-state index contributed by atoms with van der Waals surface area (Å²) in [5.74, 6) is 3.36. The number of benzene rings is 1. The van der Waals surface area contributed by atoms with Gasteiger partial charge in [-0.3, -0.25) is 4.99 Å². The molecule has 3 unspecified atom stereocenters. The topological polar surface area (TPSA) is 32.6 Å². The maximum atomic E-state index is 4.48. The van der Waals surface area contributed by atoms with Crippen LogP contribution in [-0.4, -0.2) is 36.1 Å². The van der Waals surface area contributed by atoms with Crippen molar-refractivity contribution in [2.24, 2.45) is 23.9 Å². The number of nitrogens with one attached hydrogen (secondary N) is 1. The normalized spacial score (nSPS) is 23.5. The molecule has 4 rings (SSSR count). The lowest BCUT2D eigenvalue weighted by molar-refractivity contribution is 0.458. The van der Waals surface area contributed by atoms with Gasteiger partial charge in [0, 0.05) is 39.6 Å². The second kappa shape index (κ2) is 8.03. The first-order valence-electron chi connectivity index (χ1n) is 9.29. The fourth-order valence-corrected chi connectivity index (χ4v) is 4.56. The smallest absolute Gasteiger partial charge is 0.193 e. The molecule has 2 aromatic rings. The Morgan fingerprint density at radius 2 is 2.08 bits per heavy atom. The average Bonchev–Trinajstić information content (AvgIpc) is 3.21. The molecule has 0 aliphatic heterocycles. The molecule has 2 aliphatic carbocycles. The first-order chi connectivity index (χ1) is 12.2. The maximum Gasteiger partial charge on any atom is 0.193 e. The van der Waals surface area contributed by atoms with Gasteiger partial charge in [0.1, 0.15) is 0 Å². The van der Waals surface area contributed by atoms with E-state index in [-0.39, 0.29) is 24.0 Å². The van der Waals surface area contributed by atoms with E-state index in [1.165, 1.54) is 18.5 Å². The lowest BCUT2D eigenvalue weighted by atomic mass is 9.92. The lowest BCUT2D eigenvalue weighted by Crippen LogP contribution is -2.39. The van der Waals surface area contributed by atoms with Crippen molar-refractivity contribution in [3.63, 3.8) is 0 Å². The van der Waals surface area contributed by atoms with Gasteiger partial charge in [0.25, 0.3) is 0 Å². The highest BCUT2D eigenvalue weighted by atomic mass is 127. The number of rotatable bonds is 4. The van der Waals surface area contributed by atoms with Crippen molar-refractivity contribution < 1.29 is 0 Å². The van der Waals surface area contributed by atoms with Crippen LogP contribution in [0.3, 0.4) is 0 Å². The third-order valence-electron chi connectivity index (χ3n) is 6.01. The zero-order valence-electron chi connectivity index (χ0n) is 15.9. The first-order valence-corrected chi connectivity index (χ1v) is 9.29. The molecule has 0 radical (unpaired) electrons. The standard InChI is InChI=1S/C21H28N4.HI/c1-22-21(25(3)14-16-8-6-12-24(16)2)23-13-19-18-11-10-15-7-4-5-9-17(15)20(18)19;/h4-9,12,18-20H,10-11,13-14H2,1-3H3,(H,22,23);1H. The Bertz CT molecular complexity index is 782. The van der Waals surface area contributed by atoms with E-state index < -0.39 is 0 Å². The Labute approximate surface area is 173 Å². The molecular formula is C21H29IN4. The predicted octanol–water partition coefficient (Wildman–Crippen LogP) is 3.63. The number of aliphatic imine (C=N–C) groups is 1. The summed E-state index contributed by atoms with van der Waals surface area (Å²) in [5, 5.41) is 3.62. The molecule has 1 aromatic heterocycles. The van der Waals surface area contributed by atoms with Crippen molar-refractivity contribution in [3.8, 4) is 0 Å². The maximum absolute atomic E-state index is 4.48. The van der Waals surface area contributed by atoms with Crippen LogP contribution >= 0.6 is 24.0 Å². The third-order valence-corrected chi connectivity index (χ3v) is 6.01. The summed E-state index contributed by atoms with van der Waals surface area (Å²) in [5.41, 5.74) is 4.45. The molecule has 2 aliphatic rings. The molecule has 26 heavy (non-hydrogen) atoms. The molecule has 0 bridgehead atoms. The van der Waals surface area contributed by atoms with E-state index in [0.29, 0.717) is 0 Å². The van der Waals surface area contributed by atoms with Crippen molar-refractivity contribution in [2.45, 2.75) is 25.3 Å². The van der Waals surface area contributed by atoms with Gasteiger partial charge in [0.05, 0.1) is 6.54 Å². The Balaban J connectivity index is 0.00000196. The Hall–Kier alpha value is -1.50. The number of halogens is 1. The molecule has 1 saturated carbocycles. The Morgan fingerprint density at radius 3 is 2.81 bits per heavy atom. The van der Waals surface area contributed by atoms with Gasteiger partial charge in [0.2, 0.25) is 0 Å². The summed E-state index contributed by atoms with van der Waals surface area (Å²) in [6.45, 7) is 1.89. The monoisotopic (exact) mass is 464 g/mol. The van der Waals surface area contributed by atoms with Crippen molar-refractivity contribution in [1.82, 2.24) is 14.8 Å². The largest absolute Gasteiger partial charge is 0.356 e. The van der Waals surface area contributed by atoms with Crippen LogP contribution in [0.5, 0.6) is 0 Å². The SMILES string of the molecule is CN=C(NCC1C2CCc3ccccc3C21)N(C)Cc1cccn1C.I. The number of guanidine groups is 1. The van der Waals surface area contributed by atoms with E-state index in [2.05, 4.69) is 76.5 Å². The van der Waals surface area contributed by atoms with Gasteiger partial charge < -0.3 is 14.8 Å². The average molecular weight is 464 g/mol. The van der Waals surface area contributed by atoms with Crippen LogP contribution in [0.1, 0.15) is 29.2 Å². The van der Waals surface area contributed by atoms with Crippen LogP contribution in [0.4, 0.5) is 0 Å². The van der Waals surface area contributed by atoms with Gasteiger partial charge in [-0.25, -0.2) is 0 Å². The van der Waals surface area contributed by atoms with E-state index in [0.717, 1.165) is 36.8 Å². The van der Waals surface area contributed by atoms with Gasteiger partial charge in [-0.15, -0.1) is 24.0 Å². The number of hydrogen-bond donors (Lipinski definition) is 1. The minimum Gasteiger partial charge on any atom is -0.356 e. The highest BCUT2D eigenvalue weighted by Gasteiger charge is 2.52. The number of hydrogen-bond acceptors (Lipinski definition) is 1. The first kappa shape index (κ1) is 19.3. The summed E-state index contributed by atoms with van der Waals surface area (Å²) >= 11 is 0. The Kier molecular flexibility index (Phi) is 5.95. The molecule has 1 fully saturated rings. The second-order valence-corrected chi connectivity index (χ2v) is 7.49. The van der Waals surface area contributed by atoms with E-state index >= 15 is 0 Å². The quantitative estimate of drug-likeness (QED) is 0.426. The summed E-state index contributed by atoms with van der Waals surface area (Å²) < 4.78 is 2.16.